The summed E-state index contributed by atoms with van der Waals surface area (Å²) in [5.41, 5.74) is 3.17. The number of ether oxygens (including phenoxy) is 1. The summed E-state index contributed by atoms with van der Waals surface area (Å²) in [7, 11) is 2.00. The molecule has 2 atom stereocenters. The molecule has 0 saturated carbocycles. The fourth-order valence-electron chi connectivity index (χ4n) is 3.65. The number of benzene rings is 2. The quantitative estimate of drug-likeness (QED) is 0.604. The molecule has 1 unspecified atom stereocenters. The molecule has 1 aliphatic rings. The molecular formula is C23H26FN3O. The van der Waals surface area contributed by atoms with Gasteiger partial charge in [0.25, 0.3) is 0 Å². The monoisotopic (exact) mass is 379 g/mol. The van der Waals surface area contributed by atoms with E-state index in [-0.39, 0.29) is 17.6 Å². The third kappa shape index (κ3) is 3.70. The lowest BCUT2D eigenvalue weighted by molar-refractivity contribution is 0.441. The Kier molecular flexibility index (Phi) is 4.99. The van der Waals surface area contributed by atoms with Gasteiger partial charge in [0.2, 0.25) is 0 Å². The van der Waals surface area contributed by atoms with Gasteiger partial charge in [-0.3, -0.25) is 0 Å². The lowest BCUT2D eigenvalue weighted by Gasteiger charge is -2.17. The van der Waals surface area contributed by atoms with E-state index in [1.54, 1.807) is 12.1 Å². The van der Waals surface area contributed by atoms with Gasteiger partial charge < -0.3 is 19.9 Å². The van der Waals surface area contributed by atoms with Gasteiger partial charge in [0.05, 0.1) is 0 Å². The molecule has 0 fully saturated rings. The average Bonchev–Trinajstić information content (AvgIpc) is 3.29. The highest BCUT2D eigenvalue weighted by molar-refractivity contribution is 5.81. The first-order valence-electron chi connectivity index (χ1n) is 9.77. The number of nitrogens with one attached hydrogen (secondary N) is 2. The lowest BCUT2D eigenvalue weighted by Crippen LogP contribution is -2.20. The number of hydrogen-bond acceptors (Lipinski definition) is 3. The van der Waals surface area contributed by atoms with E-state index in [1.165, 1.54) is 0 Å². The molecule has 146 valence electrons. The molecule has 4 nitrogen and oxygen atoms in total. The van der Waals surface area contributed by atoms with Gasteiger partial charge in [0, 0.05) is 54.5 Å². The van der Waals surface area contributed by atoms with E-state index < -0.39 is 0 Å². The largest absolute Gasteiger partial charge is 0.454 e. The summed E-state index contributed by atoms with van der Waals surface area (Å²) >= 11 is 0. The fraction of sp³-hybridized carbons (Fsp3) is 0.304. The van der Waals surface area contributed by atoms with Gasteiger partial charge in [-0.05, 0) is 55.3 Å². The first-order chi connectivity index (χ1) is 13.5. The molecule has 0 radical (unpaired) electrons. The zero-order valence-corrected chi connectivity index (χ0v) is 16.5. The van der Waals surface area contributed by atoms with Crippen LogP contribution in [-0.4, -0.2) is 10.6 Å². The van der Waals surface area contributed by atoms with Crippen molar-refractivity contribution < 1.29 is 9.13 Å². The van der Waals surface area contributed by atoms with Crippen LogP contribution < -0.4 is 15.4 Å². The molecule has 0 bridgehead atoms. The number of hydrogen-bond donors (Lipinski definition) is 2. The summed E-state index contributed by atoms with van der Waals surface area (Å²) < 4.78 is 22.5. The summed E-state index contributed by atoms with van der Waals surface area (Å²) in [6.07, 6.45) is 6.09. The molecule has 0 amide bonds. The summed E-state index contributed by atoms with van der Waals surface area (Å²) in [5, 5.41) is 7.89. The zero-order chi connectivity index (χ0) is 19.7. The molecule has 5 heteroatoms. The van der Waals surface area contributed by atoms with Gasteiger partial charge in [-0.25, -0.2) is 4.39 Å². The Morgan fingerprint density at radius 3 is 2.86 bits per heavy atom. The van der Waals surface area contributed by atoms with Crippen molar-refractivity contribution in [1.29, 1.82) is 0 Å². The summed E-state index contributed by atoms with van der Waals surface area (Å²) in [4.78, 5) is 0. The molecule has 0 spiro atoms. The molecule has 2 heterocycles. The Labute approximate surface area is 165 Å². The van der Waals surface area contributed by atoms with Gasteiger partial charge in [0.1, 0.15) is 5.75 Å². The molecule has 1 aliphatic heterocycles. The third-order valence-electron chi connectivity index (χ3n) is 5.39. The Hall–Kier alpha value is -2.95. The molecule has 1 aromatic heterocycles. The van der Waals surface area contributed by atoms with Gasteiger partial charge in [0.15, 0.2) is 11.6 Å². The summed E-state index contributed by atoms with van der Waals surface area (Å²) in [5.74, 6) is 0.507. The van der Waals surface area contributed by atoms with Crippen LogP contribution in [0, 0.1) is 5.82 Å². The van der Waals surface area contributed by atoms with Crippen molar-refractivity contribution in [3.05, 3.63) is 71.9 Å². The molecule has 4 rings (SSSR count). The van der Waals surface area contributed by atoms with Crippen LogP contribution in [0.25, 0.3) is 10.9 Å². The summed E-state index contributed by atoms with van der Waals surface area (Å²) in [6.45, 7) is 4.21. The van der Waals surface area contributed by atoms with E-state index in [9.17, 15) is 4.39 Å². The van der Waals surface area contributed by atoms with Gasteiger partial charge in [-0.1, -0.05) is 13.0 Å². The number of halogens is 1. The fourth-order valence-corrected chi connectivity index (χ4v) is 3.65. The molecule has 0 saturated heterocycles. The molecule has 0 aliphatic carbocycles. The SMILES string of the molecule is CC[C@H]1CC(NC(C)c2ccc(Oc3ccc4c(ccn4C)c3)c(F)c2)=CN1. The molecule has 2 aromatic carbocycles. The van der Waals surface area contributed by atoms with E-state index in [4.69, 9.17) is 4.74 Å². The van der Waals surface area contributed by atoms with E-state index in [0.29, 0.717) is 11.8 Å². The summed E-state index contributed by atoms with van der Waals surface area (Å²) in [6, 6.07) is 13.5. The molecule has 2 N–H and O–H groups in total. The highest BCUT2D eigenvalue weighted by Crippen LogP contribution is 2.30. The number of aryl methyl sites for hydroxylation is 1. The van der Waals surface area contributed by atoms with Crippen molar-refractivity contribution in [2.75, 3.05) is 0 Å². The maximum atomic E-state index is 14.7. The molecule has 3 aromatic rings. The number of aromatic nitrogens is 1. The van der Waals surface area contributed by atoms with Crippen LogP contribution in [0.2, 0.25) is 0 Å². The minimum Gasteiger partial charge on any atom is -0.454 e. The van der Waals surface area contributed by atoms with Crippen molar-refractivity contribution >= 4 is 10.9 Å². The standard InChI is InChI=1S/C23H26FN3O/c1-4-18-13-19(14-25-18)26-15(2)16-5-8-23(21(24)12-16)28-20-6-7-22-17(11-20)9-10-27(22)3/h5-12,14-15,18,25-26H,4,13H2,1-3H3/t15?,18-/m0/s1. The third-order valence-corrected chi connectivity index (χ3v) is 5.39. The van der Waals surface area contributed by atoms with Crippen LogP contribution in [0.4, 0.5) is 4.39 Å². The van der Waals surface area contributed by atoms with Crippen molar-refractivity contribution in [3.8, 4) is 11.5 Å². The van der Waals surface area contributed by atoms with Crippen LogP contribution in [0.3, 0.4) is 0 Å². The Morgan fingerprint density at radius 1 is 1.25 bits per heavy atom. The molecule has 28 heavy (non-hydrogen) atoms. The van der Waals surface area contributed by atoms with E-state index in [0.717, 1.165) is 35.0 Å². The highest BCUT2D eigenvalue weighted by atomic mass is 19.1. The van der Waals surface area contributed by atoms with Crippen LogP contribution in [0.15, 0.2) is 60.6 Å². The molecular weight excluding hydrogens is 353 g/mol. The second-order valence-electron chi connectivity index (χ2n) is 7.45. The normalized spacial score (nSPS) is 17.3. The minimum absolute atomic E-state index is 0.0212. The number of rotatable bonds is 6. The number of fused-ring (bicyclic) bond motifs is 1. The van der Waals surface area contributed by atoms with Crippen LogP contribution >= 0.6 is 0 Å². The Bertz CT molecular complexity index is 1020. The van der Waals surface area contributed by atoms with Crippen molar-refractivity contribution in [3.63, 3.8) is 0 Å². The maximum Gasteiger partial charge on any atom is 0.166 e. The minimum atomic E-state index is -0.357. The average molecular weight is 379 g/mol. The van der Waals surface area contributed by atoms with E-state index in [1.807, 2.05) is 61.3 Å². The van der Waals surface area contributed by atoms with Crippen molar-refractivity contribution in [1.82, 2.24) is 15.2 Å². The van der Waals surface area contributed by atoms with Gasteiger partial charge in [-0.2, -0.15) is 0 Å². The predicted octanol–water partition coefficient (Wildman–Crippen LogP) is 5.37. The van der Waals surface area contributed by atoms with E-state index in [2.05, 4.69) is 17.6 Å². The van der Waals surface area contributed by atoms with Crippen LogP contribution in [-0.2, 0) is 7.05 Å². The Morgan fingerprint density at radius 2 is 2.11 bits per heavy atom. The zero-order valence-electron chi connectivity index (χ0n) is 16.5. The second kappa shape index (κ2) is 7.58. The highest BCUT2D eigenvalue weighted by Gasteiger charge is 2.17. The smallest absolute Gasteiger partial charge is 0.166 e. The first kappa shape index (κ1) is 18.4. The van der Waals surface area contributed by atoms with Gasteiger partial charge >= 0.3 is 0 Å². The first-order valence-corrected chi connectivity index (χ1v) is 9.77. The van der Waals surface area contributed by atoms with Crippen LogP contribution in [0.5, 0.6) is 11.5 Å². The Balaban J connectivity index is 1.46. The van der Waals surface area contributed by atoms with Gasteiger partial charge in [-0.15, -0.1) is 0 Å². The second-order valence-corrected chi connectivity index (χ2v) is 7.45. The predicted molar refractivity (Wildman–Crippen MR) is 111 cm³/mol. The van der Waals surface area contributed by atoms with E-state index >= 15 is 0 Å². The topological polar surface area (TPSA) is 38.2 Å². The lowest BCUT2D eigenvalue weighted by atomic mass is 10.1. The maximum absolute atomic E-state index is 14.7. The van der Waals surface area contributed by atoms with Crippen molar-refractivity contribution in [2.24, 2.45) is 7.05 Å². The van der Waals surface area contributed by atoms with Crippen molar-refractivity contribution in [2.45, 2.75) is 38.8 Å². The number of nitrogens with zero attached hydrogens (tertiary/aromatic N) is 1. The van der Waals surface area contributed by atoms with Crippen LogP contribution in [0.1, 0.15) is 38.3 Å².